The summed E-state index contributed by atoms with van der Waals surface area (Å²) < 4.78 is 0. The van der Waals surface area contributed by atoms with E-state index >= 15 is 0 Å². The van der Waals surface area contributed by atoms with Crippen molar-refractivity contribution in [2.45, 2.75) is 64.3 Å². The number of hydrogen-bond acceptors (Lipinski definition) is 1. The van der Waals surface area contributed by atoms with Crippen molar-refractivity contribution in [2.24, 2.45) is 11.3 Å². The van der Waals surface area contributed by atoms with Crippen molar-refractivity contribution in [3.05, 3.63) is 12.2 Å². The summed E-state index contributed by atoms with van der Waals surface area (Å²) in [6.45, 7) is 4.17. The number of allylic oxidation sites excluding steroid dienone is 2. The van der Waals surface area contributed by atoms with E-state index in [0.717, 1.165) is 25.9 Å². The molecule has 0 aromatic carbocycles. The molecule has 0 radical (unpaired) electrons. The number of carbonyl (C=O) groups is 1. The van der Waals surface area contributed by atoms with Gasteiger partial charge in [0, 0.05) is 19.1 Å². The van der Waals surface area contributed by atoms with Crippen molar-refractivity contribution in [1.29, 1.82) is 0 Å². The van der Waals surface area contributed by atoms with Crippen LogP contribution in [0.2, 0.25) is 0 Å². The lowest BCUT2D eigenvalue weighted by Gasteiger charge is -2.44. The van der Waals surface area contributed by atoms with E-state index < -0.39 is 0 Å². The molecule has 1 saturated heterocycles. The van der Waals surface area contributed by atoms with Gasteiger partial charge >= 0.3 is 6.03 Å². The fraction of sp³-hybridized carbons (Fsp3) is 0.824. The molecule has 0 aromatic heterocycles. The van der Waals surface area contributed by atoms with Gasteiger partial charge in [0.25, 0.3) is 0 Å². The van der Waals surface area contributed by atoms with Gasteiger partial charge in [-0.3, -0.25) is 0 Å². The fourth-order valence-electron chi connectivity index (χ4n) is 4.30. The normalized spacial score (nSPS) is 37.4. The van der Waals surface area contributed by atoms with Gasteiger partial charge in [0.05, 0.1) is 0 Å². The van der Waals surface area contributed by atoms with Crippen LogP contribution in [0.3, 0.4) is 0 Å². The summed E-state index contributed by atoms with van der Waals surface area (Å²) in [5, 5.41) is 3.29. The third-order valence-corrected chi connectivity index (χ3v) is 5.68. The molecule has 3 atom stereocenters. The molecular formula is C17H28N2O. The quantitative estimate of drug-likeness (QED) is 0.728. The van der Waals surface area contributed by atoms with E-state index in [-0.39, 0.29) is 6.03 Å². The highest BCUT2D eigenvalue weighted by Crippen LogP contribution is 2.40. The molecule has 2 amide bonds. The molecule has 1 heterocycles. The molecule has 0 aromatic rings. The van der Waals surface area contributed by atoms with Gasteiger partial charge in [-0.25, -0.2) is 4.79 Å². The van der Waals surface area contributed by atoms with Crippen LogP contribution in [0, 0.1) is 11.3 Å². The molecule has 3 aliphatic rings. The van der Waals surface area contributed by atoms with Crippen LogP contribution in [0.4, 0.5) is 4.79 Å². The predicted molar refractivity (Wildman–Crippen MR) is 81.6 cm³/mol. The second-order valence-electron chi connectivity index (χ2n) is 7.20. The van der Waals surface area contributed by atoms with Gasteiger partial charge in [-0.2, -0.15) is 0 Å². The second-order valence-corrected chi connectivity index (χ2v) is 7.20. The Morgan fingerprint density at radius 2 is 2.15 bits per heavy atom. The van der Waals surface area contributed by atoms with Gasteiger partial charge in [0.1, 0.15) is 0 Å². The van der Waals surface area contributed by atoms with E-state index in [9.17, 15) is 4.79 Å². The van der Waals surface area contributed by atoms with Crippen molar-refractivity contribution in [1.82, 2.24) is 10.2 Å². The monoisotopic (exact) mass is 276 g/mol. The summed E-state index contributed by atoms with van der Waals surface area (Å²) in [5.74, 6) is 0.648. The number of amides is 2. The highest BCUT2D eigenvalue weighted by atomic mass is 16.2. The number of hydrogen-bond donors (Lipinski definition) is 1. The molecule has 1 saturated carbocycles. The highest BCUT2D eigenvalue weighted by molar-refractivity contribution is 5.74. The van der Waals surface area contributed by atoms with E-state index in [0.29, 0.717) is 17.4 Å². The minimum absolute atomic E-state index is 0.192. The number of likely N-dealkylation sites (tertiary alicyclic amines) is 1. The Kier molecular flexibility index (Phi) is 4.04. The molecule has 3 rings (SSSR count). The zero-order valence-electron chi connectivity index (χ0n) is 12.7. The standard InChI is InChI=1S/C17H28N2O/c1-14-7-5-8-15(14)18-16(20)19-12-6-11-17(13-19)9-3-2-4-10-17/h2-3,14-15H,4-13H2,1H3,(H,18,20). The average Bonchev–Trinajstić information content (AvgIpc) is 2.85. The predicted octanol–water partition coefficient (Wildman–Crippen LogP) is 3.71. The summed E-state index contributed by atoms with van der Waals surface area (Å²) in [5.41, 5.74) is 0.381. The zero-order chi connectivity index (χ0) is 14.0. The summed E-state index contributed by atoms with van der Waals surface area (Å²) in [6.07, 6.45) is 14.4. The van der Waals surface area contributed by atoms with Gasteiger partial charge in [-0.05, 0) is 56.3 Å². The van der Waals surface area contributed by atoms with Crippen LogP contribution in [0.25, 0.3) is 0 Å². The minimum Gasteiger partial charge on any atom is -0.335 e. The summed E-state index contributed by atoms with van der Waals surface area (Å²) in [4.78, 5) is 14.6. The molecule has 2 fully saturated rings. The molecule has 3 nitrogen and oxygen atoms in total. The van der Waals surface area contributed by atoms with Crippen LogP contribution in [0.5, 0.6) is 0 Å². The lowest BCUT2D eigenvalue weighted by molar-refractivity contribution is 0.0940. The zero-order valence-corrected chi connectivity index (χ0v) is 12.7. The second kappa shape index (κ2) is 5.79. The molecule has 1 aliphatic heterocycles. The van der Waals surface area contributed by atoms with Crippen LogP contribution < -0.4 is 5.32 Å². The Balaban J connectivity index is 1.58. The van der Waals surface area contributed by atoms with Gasteiger partial charge < -0.3 is 10.2 Å². The molecule has 0 bridgehead atoms. The minimum atomic E-state index is 0.192. The lowest BCUT2D eigenvalue weighted by Crippen LogP contribution is -2.52. The maximum Gasteiger partial charge on any atom is 0.317 e. The van der Waals surface area contributed by atoms with Crippen LogP contribution >= 0.6 is 0 Å². The first-order chi connectivity index (χ1) is 9.69. The van der Waals surface area contributed by atoms with Crippen LogP contribution in [0.1, 0.15) is 58.3 Å². The Morgan fingerprint density at radius 3 is 2.85 bits per heavy atom. The van der Waals surface area contributed by atoms with Crippen LogP contribution in [-0.2, 0) is 0 Å². The van der Waals surface area contributed by atoms with Gasteiger partial charge in [-0.15, -0.1) is 0 Å². The van der Waals surface area contributed by atoms with Crippen molar-refractivity contribution in [3.8, 4) is 0 Å². The van der Waals surface area contributed by atoms with Crippen LogP contribution in [0.15, 0.2) is 12.2 Å². The maximum atomic E-state index is 12.5. The molecule has 1 spiro atoms. The van der Waals surface area contributed by atoms with E-state index in [2.05, 4.69) is 29.3 Å². The number of nitrogens with zero attached hydrogens (tertiary/aromatic N) is 1. The molecule has 3 unspecified atom stereocenters. The number of nitrogens with one attached hydrogen (secondary N) is 1. The molecule has 20 heavy (non-hydrogen) atoms. The summed E-state index contributed by atoms with van der Waals surface area (Å²) in [6, 6.07) is 0.601. The lowest BCUT2D eigenvalue weighted by atomic mass is 9.71. The van der Waals surface area contributed by atoms with E-state index in [1.807, 2.05) is 0 Å². The first-order valence-electron chi connectivity index (χ1n) is 8.39. The number of carbonyl (C=O) groups excluding carboxylic acids is 1. The van der Waals surface area contributed by atoms with E-state index in [1.165, 1.54) is 38.5 Å². The Labute approximate surface area is 122 Å². The first kappa shape index (κ1) is 14.0. The Hall–Kier alpha value is -0.990. The van der Waals surface area contributed by atoms with Crippen molar-refractivity contribution in [3.63, 3.8) is 0 Å². The maximum absolute atomic E-state index is 12.5. The molecule has 112 valence electrons. The summed E-state index contributed by atoms with van der Waals surface area (Å²) >= 11 is 0. The number of piperidine rings is 1. The SMILES string of the molecule is CC1CCCC1NC(=O)N1CCCC2(CC=CCC2)C1. The number of urea groups is 1. The van der Waals surface area contributed by atoms with Crippen molar-refractivity contribution in [2.75, 3.05) is 13.1 Å². The molecule has 3 heteroatoms. The Morgan fingerprint density at radius 1 is 1.25 bits per heavy atom. The molecule has 1 N–H and O–H groups in total. The van der Waals surface area contributed by atoms with Gasteiger partial charge in [-0.1, -0.05) is 25.5 Å². The van der Waals surface area contributed by atoms with Crippen molar-refractivity contribution < 1.29 is 4.79 Å². The topological polar surface area (TPSA) is 32.3 Å². The summed E-state index contributed by atoms with van der Waals surface area (Å²) in [7, 11) is 0. The third-order valence-electron chi connectivity index (χ3n) is 5.68. The van der Waals surface area contributed by atoms with E-state index in [1.54, 1.807) is 0 Å². The largest absolute Gasteiger partial charge is 0.335 e. The Bertz CT molecular complexity index is 392. The van der Waals surface area contributed by atoms with E-state index in [4.69, 9.17) is 0 Å². The number of rotatable bonds is 1. The van der Waals surface area contributed by atoms with Gasteiger partial charge in [0.2, 0.25) is 0 Å². The smallest absolute Gasteiger partial charge is 0.317 e. The van der Waals surface area contributed by atoms with Crippen molar-refractivity contribution >= 4 is 6.03 Å². The third kappa shape index (κ3) is 2.87. The van der Waals surface area contributed by atoms with Crippen LogP contribution in [-0.4, -0.2) is 30.1 Å². The average molecular weight is 276 g/mol. The molecular weight excluding hydrogens is 248 g/mol. The fourth-order valence-corrected chi connectivity index (χ4v) is 4.30. The molecule has 2 aliphatic carbocycles. The van der Waals surface area contributed by atoms with Gasteiger partial charge in [0.15, 0.2) is 0 Å². The first-order valence-corrected chi connectivity index (χ1v) is 8.39. The highest BCUT2D eigenvalue weighted by Gasteiger charge is 2.37.